The fourth-order valence-electron chi connectivity index (χ4n) is 1.71. The summed E-state index contributed by atoms with van der Waals surface area (Å²) in [5, 5.41) is 2.87. The summed E-state index contributed by atoms with van der Waals surface area (Å²) in [5.41, 5.74) is 9.04. The number of anilines is 1. The maximum Gasteiger partial charge on any atom is 0.251 e. The number of nitrogens with two attached hydrogens (primary N) is 1. The monoisotopic (exact) mass is 318 g/mol. The predicted octanol–water partition coefficient (Wildman–Crippen LogP) is 3.27. The van der Waals surface area contributed by atoms with Crippen molar-refractivity contribution in [3.63, 3.8) is 0 Å². The molecule has 19 heavy (non-hydrogen) atoms. The highest BCUT2D eigenvalue weighted by molar-refractivity contribution is 9.10. The molecule has 0 spiro atoms. The molecule has 0 bridgehead atoms. The Morgan fingerprint density at radius 1 is 1.26 bits per heavy atom. The molecule has 0 aliphatic rings. The van der Waals surface area contributed by atoms with Crippen LogP contribution >= 0.6 is 15.9 Å². The number of carbonyl (C=O) groups is 1. The van der Waals surface area contributed by atoms with Crippen LogP contribution < -0.4 is 11.1 Å². The van der Waals surface area contributed by atoms with Crippen LogP contribution in [0.1, 0.15) is 21.5 Å². The van der Waals surface area contributed by atoms with Crippen molar-refractivity contribution in [3.8, 4) is 0 Å². The molecule has 2 rings (SSSR count). The van der Waals surface area contributed by atoms with Gasteiger partial charge in [-0.15, -0.1) is 0 Å². The van der Waals surface area contributed by atoms with Crippen molar-refractivity contribution in [2.75, 3.05) is 5.73 Å². The van der Waals surface area contributed by atoms with Gasteiger partial charge in [-0.1, -0.05) is 34.1 Å². The van der Waals surface area contributed by atoms with Crippen LogP contribution in [0.5, 0.6) is 0 Å². The van der Waals surface area contributed by atoms with Crippen LogP contribution in [0.15, 0.2) is 46.9 Å². The van der Waals surface area contributed by atoms with Crippen molar-refractivity contribution in [3.05, 3.63) is 63.6 Å². The fraction of sp³-hybridized carbons (Fsp3) is 0.133. The van der Waals surface area contributed by atoms with Gasteiger partial charge in [-0.25, -0.2) is 0 Å². The van der Waals surface area contributed by atoms with E-state index in [-0.39, 0.29) is 5.91 Å². The molecule has 0 unspecified atom stereocenters. The first kappa shape index (κ1) is 13.6. The standard InChI is InChI=1S/C15H15BrN2O/c1-10-5-6-12(8-14(10)17)15(19)18-9-11-3-2-4-13(16)7-11/h2-8H,9,17H2,1H3,(H,18,19). The maximum atomic E-state index is 12.0. The van der Waals surface area contributed by atoms with E-state index in [1.807, 2.05) is 37.3 Å². The van der Waals surface area contributed by atoms with Gasteiger partial charge in [0.1, 0.15) is 0 Å². The highest BCUT2D eigenvalue weighted by Crippen LogP contribution is 2.14. The molecule has 0 aliphatic carbocycles. The Bertz CT molecular complexity index is 611. The predicted molar refractivity (Wildman–Crippen MR) is 80.9 cm³/mol. The SMILES string of the molecule is Cc1ccc(C(=O)NCc2cccc(Br)c2)cc1N. The second-order valence-corrected chi connectivity index (χ2v) is 5.30. The molecule has 0 fully saturated rings. The second-order valence-electron chi connectivity index (χ2n) is 4.38. The third kappa shape index (κ3) is 3.58. The van der Waals surface area contributed by atoms with Crippen LogP contribution in [0.2, 0.25) is 0 Å². The van der Waals surface area contributed by atoms with Crippen molar-refractivity contribution >= 4 is 27.5 Å². The highest BCUT2D eigenvalue weighted by atomic mass is 79.9. The van der Waals surface area contributed by atoms with Crippen molar-refractivity contribution in [1.82, 2.24) is 5.32 Å². The number of hydrogen-bond donors (Lipinski definition) is 2. The lowest BCUT2D eigenvalue weighted by Gasteiger charge is -2.07. The van der Waals surface area contributed by atoms with E-state index in [0.717, 1.165) is 15.6 Å². The van der Waals surface area contributed by atoms with Gasteiger partial charge in [-0.3, -0.25) is 4.79 Å². The normalized spacial score (nSPS) is 10.2. The largest absolute Gasteiger partial charge is 0.398 e. The van der Waals surface area contributed by atoms with E-state index in [0.29, 0.717) is 17.8 Å². The molecular formula is C15H15BrN2O. The van der Waals surface area contributed by atoms with Gasteiger partial charge in [0, 0.05) is 22.3 Å². The van der Waals surface area contributed by atoms with E-state index in [1.165, 1.54) is 0 Å². The van der Waals surface area contributed by atoms with Gasteiger partial charge in [0.2, 0.25) is 0 Å². The van der Waals surface area contributed by atoms with E-state index in [9.17, 15) is 4.79 Å². The average Bonchev–Trinajstić information content (AvgIpc) is 2.39. The molecular weight excluding hydrogens is 304 g/mol. The second kappa shape index (κ2) is 5.89. The highest BCUT2D eigenvalue weighted by Gasteiger charge is 2.06. The zero-order valence-electron chi connectivity index (χ0n) is 10.6. The molecule has 0 saturated carbocycles. The summed E-state index contributed by atoms with van der Waals surface area (Å²) in [6.45, 7) is 2.41. The molecule has 0 radical (unpaired) electrons. The number of benzene rings is 2. The lowest BCUT2D eigenvalue weighted by Crippen LogP contribution is -2.22. The van der Waals surface area contributed by atoms with Gasteiger partial charge in [0.15, 0.2) is 0 Å². The van der Waals surface area contributed by atoms with Crippen LogP contribution in [0.25, 0.3) is 0 Å². The number of hydrogen-bond acceptors (Lipinski definition) is 2. The summed E-state index contributed by atoms with van der Waals surface area (Å²) >= 11 is 3.40. The Morgan fingerprint density at radius 3 is 2.74 bits per heavy atom. The molecule has 0 heterocycles. The molecule has 0 atom stereocenters. The summed E-state index contributed by atoms with van der Waals surface area (Å²) in [7, 11) is 0. The molecule has 4 heteroatoms. The van der Waals surface area contributed by atoms with Gasteiger partial charge < -0.3 is 11.1 Å². The van der Waals surface area contributed by atoms with Gasteiger partial charge >= 0.3 is 0 Å². The minimum atomic E-state index is -0.119. The van der Waals surface area contributed by atoms with Crippen molar-refractivity contribution in [2.24, 2.45) is 0 Å². The van der Waals surface area contributed by atoms with Gasteiger partial charge in [0.05, 0.1) is 0 Å². The van der Waals surface area contributed by atoms with E-state index < -0.39 is 0 Å². The molecule has 3 N–H and O–H groups in total. The molecule has 2 aromatic rings. The number of amides is 1. The number of halogens is 1. The number of rotatable bonds is 3. The average molecular weight is 319 g/mol. The lowest BCUT2D eigenvalue weighted by atomic mass is 10.1. The molecule has 0 aliphatic heterocycles. The van der Waals surface area contributed by atoms with Crippen LogP contribution in [-0.2, 0) is 6.54 Å². The first-order chi connectivity index (χ1) is 9.06. The van der Waals surface area contributed by atoms with Gasteiger partial charge in [-0.2, -0.15) is 0 Å². The minimum Gasteiger partial charge on any atom is -0.398 e. The maximum absolute atomic E-state index is 12.0. The third-order valence-corrected chi connectivity index (χ3v) is 3.38. The number of nitrogens with one attached hydrogen (secondary N) is 1. The first-order valence-electron chi connectivity index (χ1n) is 5.95. The van der Waals surface area contributed by atoms with E-state index in [4.69, 9.17) is 5.73 Å². The quantitative estimate of drug-likeness (QED) is 0.853. The molecule has 98 valence electrons. The van der Waals surface area contributed by atoms with Crippen LogP contribution in [-0.4, -0.2) is 5.91 Å². The minimum absolute atomic E-state index is 0.119. The Morgan fingerprint density at radius 2 is 2.05 bits per heavy atom. The summed E-state index contributed by atoms with van der Waals surface area (Å²) in [6, 6.07) is 13.2. The summed E-state index contributed by atoms with van der Waals surface area (Å²) in [6.07, 6.45) is 0. The molecule has 3 nitrogen and oxygen atoms in total. The van der Waals surface area contributed by atoms with Gasteiger partial charge in [-0.05, 0) is 42.3 Å². The van der Waals surface area contributed by atoms with Gasteiger partial charge in [0.25, 0.3) is 5.91 Å². The third-order valence-electron chi connectivity index (χ3n) is 2.88. The zero-order chi connectivity index (χ0) is 13.8. The van der Waals surface area contributed by atoms with Crippen molar-refractivity contribution in [2.45, 2.75) is 13.5 Å². The Balaban J connectivity index is 2.03. The summed E-state index contributed by atoms with van der Waals surface area (Å²) in [5.74, 6) is -0.119. The van der Waals surface area contributed by atoms with Crippen molar-refractivity contribution < 1.29 is 4.79 Å². The first-order valence-corrected chi connectivity index (χ1v) is 6.74. The summed E-state index contributed by atoms with van der Waals surface area (Å²) in [4.78, 5) is 12.0. The van der Waals surface area contributed by atoms with Crippen LogP contribution in [0, 0.1) is 6.92 Å². The van der Waals surface area contributed by atoms with Crippen LogP contribution in [0.4, 0.5) is 5.69 Å². The molecule has 2 aromatic carbocycles. The van der Waals surface area contributed by atoms with E-state index in [2.05, 4.69) is 21.2 Å². The number of aryl methyl sites for hydroxylation is 1. The Kier molecular flexibility index (Phi) is 4.22. The smallest absolute Gasteiger partial charge is 0.251 e. The number of nitrogen functional groups attached to an aromatic ring is 1. The fourth-order valence-corrected chi connectivity index (χ4v) is 2.16. The molecule has 1 amide bonds. The van der Waals surface area contributed by atoms with E-state index in [1.54, 1.807) is 12.1 Å². The topological polar surface area (TPSA) is 55.1 Å². The Labute approximate surface area is 121 Å². The molecule has 0 saturated heterocycles. The zero-order valence-corrected chi connectivity index (χ0v) is 12.2. The Hall–Kier alpha value is -1.81. The van der Waals surface area contributed by atoms with Crippen molar-refractivity contribution in [1.29, 1.82) is 0 Å². The van der Waals surface area contributed by atoms with E-state index >= 15 is 0 Å². The molecule has 0 aromatic heterocycles. The van der Waals surface area contributed by atoms with Crippen LogP contribution in [0.3, 0.4) is 0 Å². The number of carbonyl (C=O) groups excluding carboxylic acids is 1. The summed E-state index contributed by atoms with van der Waals surface area (Å²) < 4.78 is 0.999. The lowest BCUT2D eigenvalue weighted by molar-refractivity contribution is 0.0951.